The van der Waals surface area contributed by atoms with Gasteiger partial charge in [0, 0.05) is 30.6 Å². The number of cyclic esters (lactones) is 1. The molecule has 0 aromatic carbocycles. The summed E-state index contributed by atoms with van der Waals surface area (Å²) >= 11 is 0. The molecule has 0 radical (unpaired) electrons. The second-order valence-corrected chi connectivity index (χ2v) is 21.4. The number of esters is 2. The Labute approximate surface area is 272 Å². The van der Waals surface area contributed by atoms with E-state index in [1.807, 2.05) is 0 Å². The van der Waals surface area contributed by atoms with Crippen molar-refractivity contribution in [3.05, 3.63) is 23.8 Å². The van der Waals surface area contributed by atoms with E-state index in [9.17, 15) is 9.59 Å². The molecule has 0 aromatic rings. The molecule has 3 rings (SSSR count). The van der Waals surface area contributed by atoms with Crippen LogP contribution in [0.15, 0.2) is 23.8 Å². The van der Waals surface area contributed by atoms with E-state index in [0.717, 1.165) is 38.5 Å². The number of rotatable bonds is 12. The first-order valence-electron chi connectivity index (χ1n) is 17.5. The minimum absolute atomic E-state index is 0.0483. The first kappa shape index (κ1) is 37.2. The summed E-state index contributed by atoms with van der Waals surface area (Å²) in [6.45, 7) is 26.5. The molecular formula is C36H64O6Si2. The first-order valence-corrected chi connectivity index (χ1v) is 23.0. The van der Waals surface area contributed by atoms with Crippen LogP contribution in [0.25, 0.3) is 0 Å². The van der Waals surface area contributed by atoms with Crippen LogP contribution in [-0.2, 0) is 27.9 Å². The van der Waals surface area contributed by atoms with E-state index in [4.69, 9.17) is 18.3 Å². The Morgan fingerprint density at radius 2 is 1.64 bits per heavy atom. The number of carbonyl (C=O) groups excluding carboxylic acids is 2. The minimum Gasteiger partial charge on any atom is -0.462 e. The fourth-order valence-corrected chi connectivity index (χ4v) is 10.0. The third-order valence-corrected chi connectivity index (χ3v) is 11.9. The van der Waals surface area contributed by atoms with Crippen molar-refractivity contribution < 1.29 is 27.9 Å². The average Bonchev–Trinajstić information content (AvgIpc) is 2.88. The zero-order chi connectivity index (χ0) is 33.0. The largest absolute Gasteiger partial charge is 0.462 e. The number of hydrogen-bond donors (Lipinski definition) is 0. The summed E-state index contributed by atoms with van der Waals surface area (Å²) in [6, 6.07) is 0. The van der Waals surface area contributed by atoms with Crippen LogP contribution < -0.4 is 0 Å². The van der Waals surface area contributed by atoms with Crippen LogP contribution in [0.5, 0.6) is 0 Å². The summed E-state index contributed by atoms with van der Waals surface area (Å²) in [5, 5.41) is 0. The van der Waals surface area contributed by atoms with E-state index in [0.29, 0.717) is 18.8 Å². The highest BCUT2D eigenvalue weighted by molar-refractivity contribution is 6.48. The van der Waals surface area contributed by atoms with Gasteiger partial charge in [-0.1, -0.05) is 79.5 Å². The number of unbranched alkanes of at least 4 members (excludes halogenated alkanes) is 2. The molecule has 44 heavy (non-hydrogen) atoms. The lowest BCUT2D eigenvalue weighted by atomic mass is 9.61. The molecule has 1 fully saturated rings. The van der Waals surface area contributed by atoms with Crippen molar-refractivity contribution in [2.24, 2.45) is 34.5 Å². The summed E-state index contributed by atoms with van der Waals surface area (Å²) in [6.07, 6.45) is 12.5. The molecule has 0 saturated carbocycles. The Morgan fingerprint density at radius 1 is 0.955 bits per heavy atom. The number of fused-ring (bicyclic) bond motifs is 1. The SMILES string of the molecule is CCCCCC(=O)O[C@H]1C[C@H](C(C)(C)C)C=C2C=CC[C@H]([C@](C)(C[C@H]3C[C@H](C(C)(C)C)C(O[SiH](C)C)C(=O)O3)O[SiH](C)C)[C@H]21. The molecule has 6 nitrogen and oxygen atoms in total. The number of allylic oxidation sites excluding steroid dienone is 3. The molecule has 8 atom stereocenters. The van der Waals surface area contributed by atoms with Crippen molar-refractivity contribution in [2.75, 3.05) is 0 Å². The normalized spacial score (nSPS) is 30.9. The third-order valence-electron chi connectivity index (χ3n) is 10.0. The fourth-order valence-electron chi connectivity index (χ4n) is 7.78. The third kappa shape index (κ3) is 9.65. The van der Waals surface area contributed by atoms with Gasteiger partial charge in [-0.05, 0) is 81.1 Å². The van der Waals surface area contributed by atoms with Crippen molar-refractivity contribution in [1.82, 2.24) is 0 Å². The maximum absolute atomic E-state index is 13.5. The smallest absolute Gasteiger partial charge is 0.334 e. The van der Waals surface area contributed by atoms with E-state index >= 15 is 0 Å². The van der Waals surface area contributed by atoms with E-state index in [1.54, 1.807) is 0 Å². The molecule has 0 aromatic heterocycles. The van der Waals surface area contributed by atoms with Gasteiger partial charge in [0.1, 0.15) is 18.3 Å². The number of hydrogen-bond acceptors (Lipinski definition) is 6. The van der Waals surface area contributed by atoms with Gasteiger partial charge >= 0.3 is 11.9 Å². The predicted molar refractivity (Wildman–Crippen MR) is 185 cm³/mol. The summed E-state index contributed by atoms with van der Waals surface area (Å²) < 4.78 is 25.9. The van der Waals surface area contributed by atoms with Crippen LogP contribution in [0.1, 0.15) is 107 Å². The maximum Gasteiger partial charge on any atom is 0.334 e. The van der Waals surface area contributed by atoms with Crippen molar-refractivity contribution in [2.45, 2.75) is 157 Å². The molecule has 0 amide bonds. The number of carbonyl (C=O) groups is 2. The van der Waals surface area contributed by atoms with Crippen LogP contribution in [0.4, 0.5) is 0 Å². The first-order chi connectivity index (χ1) is 20.4. The van der Waals surface area contributed by atoms with Crippen LogP contribution in [-0.4, -0.2) is 53.9 Å². The molecule has 0 bridgehead atoms. The average molecular weight is 649 g/mol. The van der Waals surface area contributed by atoms with Gasteiger partial charge in [0.25, 0.3) is 0 Å². The van der Waals surface area contributed by atoms with Crippen LogP contribution in [0, 0.1) is 34.5 Å². The zero-order valence-electron chi connectivity index (χ0n) is 30.0. The molecule has 1 unspecified atom stereocenters. The zero-order valence-corrected chi connectivity index (χ0v) is 32.3. The molecule has 2 aliphatic carbocycles. The summed E-state index contributed by atoms with van der Waals surface area (Å²) in [4.78, 5) is 26.7. The van der Waals surface area contributed by atoms with Crippen LogP contribution in [0.2, 0.25) is 26.2 Å². The highest BCUT2D eigenvalue weighted by Gasteiger charge is 2.52. The molecular weight excluding hydrogens is 585 g/mol. The standard InChI is InChI=1S/C36H64O6Si2/c1-13-14-15-19-30(37)40-29-21-25(34(2,3)4)20-24-17-16-18-27(31(24)29)36(8,42-44(11)12)23-26-22-28(35(5,6)7)32(33(38)39-26)41-43(9)10/h16-17,20,25-29,31-32,43-44H,13-15,18-19,21-23H2,1-12H3/t25-,26-,27+,28+,29+,31+,32?,36+/m1/s1. The van der Waals surface area contributed by atoms with Gasteiger partial charge in [0.2, 0.25) is 0 Å². The summed E-state index contributed by atoms with van der Waals surface area (Å²) in [5.41, 5.74) is 0.695. The van der Waals surface area contributed by atoms with Crippen molar-refractivity contribution in [3.8, 4) is 0 Å². The predicted octanol–water partition coefficient (Wildman–Crippen LogP) is 8.16. The van der Waals surface area contributed by atoms with Gasteiger partial charge < -0.3 is 18.3 Å². The quantitative estimate of drug-likeness (QED) is 0.121. The lowest BCUT2D eigenvalue weighted by Crippen LogP contribution is -2.55. The molecule has 3 aliphatic rings. The van der Waals surface area contributed by atoms with E-state index < -0.39 is 29.8 Å². The lowest BCUT2D eigenvalue weighted by molar-refractivity contribution is -0.182. The molecule has 0 spiro atoms. The van der Waals surface area contributed by atoms with Gasteiger partial charge in [0.05, 0.1) is 5.60 Å². The monoisotopic (exact) mass is 648 g/mol. The Hall–Kier alpha value is -1.23. The molecule has 1 heterocycles. The van der Waals surface area contributed by atoms with E-state index in [-0.39, 0.29) is 52.7 Å². The second kappa shape index (κ2) is 15.1. The Bertz CT molecular complexity index is 1040. The molecule has 0 N–H and O–H groups in total. The Balaban J connectivity index is 1.98. The topological polar surface area (TPSA) is 71.1 Å². The highest BCUT2D eigenvalue weighted by atomic mass is 28.3. The van der Waals surface area contributed by atoms with Crippen molar-refractivity contribution in [1.29, 1.82) is 0 Å². The summed E-state index contributed by atoms with van der Waals surface area (Å²) in [7, 11) is -2.94. The van der Waals surface area contributed by atoms with Crippen molar-refractivity contribution >= 4 is 30.0 Å². The Morgan fingerprint density at radius 3 is 2.20 bits per heavy atom. The van der Waals surface area contributed by atoms with Crippen molar-refractivity contribution in [3.63, 3.8) is 0 Å². The van der Waals surface area contributed by atoms with E-state index in [2.05, 4.69) is 99.8 Å². The van der Waals surface area contributed by atoms with Gasteiger partial charge in [-0.2, -0.15) is 0 Å². The number of ether oxygens (including phenoxy) is 2. The molecule has 252 valence electrons. The fraction of sp³-hybridized carbons (Fsp3) is 0.833. The highest BCUT2D eigenvalue weighted by Crippen LogP contribution is 2.51. The molecule has 1 aliphatic heterocycles. The van der Waals surface area contributed by atoms with Gasteiger partial charge in [-0.15, -0.1) is 0 Å². The molecule has 1 saturated heterocycles. The summed E-state index contributed by atoms with van der Waals surface area (Å²) in [5.74, 6) is 0.232. The van der Waals surface area contributed by atoms with Crippen LogP contribution in [0.3, 0.4) is 0 Å². The minimum atomic E-state index is -1.50. The lowest BCUT2D eigenvalue weighted by Gasteiger charge is -2.51. The van der Waals surface area contributed by atoms with Gasteiger partial charge in [0.15, 0.2) is 18.1 Å². The Kier molecular flexibility index (Phi) is 12.8. The van der Waals surface area contributed by atoms with Gasteiger partial charge in [-0.25, -0.2) is 4.79 Å². The maximum atomic E-state index is 13.5. The van der Waals surface area contributed by atoms with E-state index in [1.165, 1.54) is 5.57 Å². The molecule has 8 heteroatoms. The second-order valence-electron chi connectivity index (χ2n) is 16.7. The van der Waals surface area contributed by atoms with Gasteiger partial charge in [-0.3, -0.25) is 4.79 Å². The van der Waals surface area contributed by atoms with Crippen LogP contribution >= 0.6 is 0 Å².